The number of hydrogen-bond acceptors (Lipinski definition) is 3. The molecule has 0 saturated heterocycles. The molecular formula is C15H21NO3. The second-order valence-electron chi connectivity index (χ2n) is 5.28. The number of aromatic carboxylic acids is 1. The van der Waals surface area contributed by atoms with Crippen molar-refractivity contribution in [2.45, 2.75) is 38.3 Å². The fraction of sp³-hybridized carbons (Fsp3) is 0.533. The third kappa shape index (κ3) is 4.04. The molecule has 2 atom stereocenters. The van der Waals surface area contributed by atoms with Gasteiger partial charge in [0.1, 0.15) is 0 Å². The van der Waals surface area contributed by atoms with E-state index in [-0.39, 0.29) is 6.10 Å². The standard InChI is InChI=1S/C15H21NO3/c17-13-6-3-4-11(8-13)9-16-10-12-5-1-2-7-14(12)15(18)19/h1-2,5,7,11,13,16-17H,3-4,6,8-10H2,(H,18,19). The Kier molecular flexibility index (Phi) is 4.93. The number of hydrogen-bond donors (Lipinski definition) is 3. The molecule has 4 heteroatoms. The predicted molar refractivity (Wildman–Crippen MR) is 73.1 cm³/mol. The molecule has 1 aromatic rings. The quantitative estimate of drug-likeness (QED) is 0.760. The topological polar surface area (TPSA) is 69.6 Å². The maximum Gasteiger partial charge on any atom is 0.336 e. The molecule has 19 heavy (non-hydrogen) atoms. The van der Waals surface area contributed by atoms with E-state index in [1.165, 1.54) is 0 Å². The van der Waals surface area contributed by atoms with Crippen molar-refractivity contribution in [2.24, 2.45) is 5.92 Å². The smallest absolute Gasteiger partial charge is 0.336 e. The van der Waals surface area contributed by atoms with E-state index in [2.05, 4.69) is 5.32 Å². The molecule has 1 aromatic carbocycles. The average molecular weight is 263 g/mol. The Morgan fingerprint density at radius 1 is 1.32 bits per heavy atom. The number of carboxylic acids is 1. The molecule has 1 aliphatic rings. The molecule has 0 amide bonds. The lowest BCUT2D eigenvalue weighted by atomic mass is 9.87. The van der Waals surface area contributed by atoms with Crippen LogP contribution in [0.25, 0.3) is 0 Å². The highest BCUT2D eigenvalue weighted by atomic mass is 16.4. The summed E-state index contributed by atoms with van der Waals surface area (Å²) in [6.07, 6.45) is 3.84. The number of aliphatic hydroxyl groups is 1. The van der Waals surface area contributed by atoms with E-state index in [9.17, 15) is 9.90 Å². The number of rotatable bonds is 5. The van der Waals surface area contributed by atoms with Gasteiger partial charge in [-0.1, -0.05) is 24.6 Å². The van der Waals surface area contributed by atoms with E-state index in [1.807, 2.05) is 12.1 Å². The molecule has 1 fully saturated rings. The van der Waals surface area contributed by atoms with Crippen LogP contribution in [0.5, 0.6) is 0 Å². The van der Waals surface area contributed by atoms with Gasteiger partial charge in [-0.15, -0.1) is 0 Å². The summed E-state index contributed by atoms with van der Waals surface area (Å²) < 4.78 is 0. The lowest BCUT2D eigenvalue weighted by Crippen LogP contribution is -2.29. The van der Waals surface area contributed by atoms with E-state index in [0.717, 1.165) is 37.8 Å². The largest absolute Gasteiger partial charge is 0.478 e. The molecule has 0 aromatic heterocycles. The first-order valence-corrected chi connectivity index (χ1v) is 6.87. The molecule has 2 unspecified atom stereocenters. The minimum absolute atomic E-state index is 0.160. The summed E-state index contributed by atoms with van der Waals surface area (Å²) >= 11 is 0. The highest BCUT2D eigenvalue weighted by Crippen LogP contribution is 2.23. The molecule has 4 nitrogen and oxygen atoms in total. The molecule has 0 aliphatic heterocycles. The molecule has 2 rings (SSSR count). The molecule has 0 heterocycles. The van der Waals surface area contributed by atoms with Gasteiger partial charge in [0.2, 0.25) is 0 Å². The van der Waals surface area contributed by atoms with Gasteiger partial charge in [-0.2, -0.15) is 0 Å². The molecule has 1 saturated carbocycles. The van der Waals surface area contributed by atoms with Gasteiger partial charge in [0.15, 0.2) is 0 Å². The third-order valence-electron chi connectivity index (χ3n) is 3.75. The van der Waals surface area contributed by atoms with E-state index in [0.29, 0.717) is 18.0 Å². The van der Waals surface area contributed by atoms with E-state index in [4.69, 9.17) is 5.11 Å². The maximum absolute atomic E-state index is 11.1. The fourth-order valence-electron chi connectivity index (χ4n) is 2.74. The van der Waals surface area contributed by atoms with Gasteiger partial charge in [-0.05, 0) is 43.4 Å². The van der Waals surface area contributed by atoms with Crippen LogP contribution in [0.2, 0.25) is 0 Å². The van der Waals surface area contributed by atoms with Crippen LogP contribution in [0, 0.1) is 5.92 Å². The summed E-state index contributed by atoms with van der Waals surface area (Å²) in [4.78, 5) is 11.1. The van der Waals surface area contributed by atoms with Crippen LogP contribution in [-0.4, -0.2) is 28.8 Å². The number of carbonyl (C=O) groups is 1. The van der Waals surface area contributed by atoms with Crippen LogP contribution < -0.4 is 5.32 Å². The van der Waals surface area contributed by atoms with E-state index < -0.39 is 5.97 Å². The van der Waals surface area contributed by atoms with E-state index >= 15 is 0 Å². The zero-order valence-electron chi connectivity index (χ0n) is 11.0. The average Bonchev–Trinajstić information content (AvgIpc) is 2.39. The number of aliphatic hydroxyl groups excluding tert-OH is 1. The molecule has 1 aliphatic carbocycles. The Bertz CT molecular complexity index is 433. The van der Waals surface area contributed by atoms with Gasteiger partial charge in [0.25, 0.3) is 0 Å². The van der Waals surface area contributed by atoms with Crippen LogP contribution in [-0.2, 0) is 6.54 Å². The Balaban J connectivity index is 1.84. The number of carboxylic acid groups (broad SMARTS) is 1. The van der Waals surface area contributed by atoms with Gasteiger partial charge in [0, 0.05) is 6.54 Å². The summed E-state index contributed by atoms with van der Waals surface area (Å²) in [5.41, 5.74) is 1.17. The summed E-state index contributed by atoms with van der Waals surface area (Å²) in [7, 11) is 0. The predicted octanol–water partition coefficient (Wildman–Crippen LogP) is 2.03. The van der Waals surface area contributed by atoms with Crippen LogP contribution >= 0.6 is 0 Å². The molecule has 104 valence electrons. The molecule has 0 radical (unpaired) electrons. The zero-order valence-corrected chi connectivity index (χ0v) is 11.0. The van der Waals surface area contributed by atoms with Crippen molar-refractivity contribution in [3.63, 3.8) is 0 Å². The first-order chi connectivity index (χ1) is 9.16. The summed E-state index contributed by atoms with van der Waals surface area (Å²) in [5.74, 6) is -0.383. The lowest BCUT2D eigenvalue weighted by Gasteiger charge is -2.26. The molecular weight excluding hydrogens is 242 g/mol. The Labute approximate surface area is 113 Å². The lowest BCUT2D eigenvalue weighted by molar-refractivity contribution is 0.0695. The van der Waals surface area contributed by atoms with Crippen LogP contribution in [0.4, 0.5) is 0 Å². The minimum atomic E-state index is -0.884. The van der Waals surface area contributed by atoms with E-state index in [1.54, 1.807) is 12.1 Å². The summed E-state index contributed by atoms with van der Waals surface area (Å²) in [6, 6.07) is 7.06. The van der Waals surface area contributed by atoms with Crippen molar-refractivity contribution in [3.05, 3.63) is 35.4 Å². The normalized spacial score (nSPS) is 23.2. The first-order valence-electron chi connectivity index (χ1n) is 6.87. The van der Waals surface area contributed by atoms with Crippen LogP contribution in [0.15, 0.2) is 24.3 Å². The maximum atomic E-state index is 11.1. The van der Waals surface area contributed by atoms with Crippen molar-refractivity contribution in [2.75, 3.05) is 6.54 Å². The van der Waals surface area contributed by atoms with Crippen molar-refractivity contribution >= 4 is 5.97 Å². The number of nitrogens with one attached hydrogen (secondary N) is 1. The van der Waals surface area contributed by atoms with Crippen LogP contribution in [0.1, 0.15) is 41.6 Å². The van der Waals surface area contributed by atoms with Gasteiger partial charge >= 0.3 is 5.97 Å². The SMILES string of the molecule is O=C(O)c1ccccc1CNCC1CCCC(O)C1. The molecule has 0 bridgehead atoms. The van der Waals surface area contributed by atoms with Crippen molar-refractivity contribution in [1.82, 2.24) is 5.32 Å². The minimum Gasteiger partial charge on any atom is -0.478 e. The van der Waals surface area contributed by atoms with Crippen LogP contribution in [0.3, 0.4) is 0 Å². The first kappa shape index (κ1) is 14.0. The van der Waals surface area contributed by atoms with Gasteiger partial charge < -0.3 is 15.5 Å². The fourth-order valence-corrected chi connectivity index (χ4v) is 2.74. The highest BCUT2D eigenvalue weighted by molar-refractivity contribution is 5.89. The highest BCUT2D eigenvalue weighted by Gasteiger charge is 2.19. The summed E-state index contributed by atoms with van der Waals surface area (Å²) in [5, 5.41) is 22.0. The summed E-state index contributed by atoms with van der Waals surface area (Å²) in [6.45, 7) is 1.40. The second kappa shape index (κ2) is 6.68. The second-order valence-corrected chi connectivity index (χ2v) is 5.28. The monoisotopic (exact) mass is 263 g/mol. The third-order valence-corrected chi connectivity index (χ3v) is 3.75. The van der Waals surface area contributed by atoms with Crippen molar-refractivity contribution < 1.29 is 15.0 Å². The molecule has 3 N–H and O–H groups in total. The molecule has 0 spiro atoms. The Morgan fingerprint density at radius 3 is 2.84 bits per heavy atom. The number of benzene rings is 1. The zero-order chi connectivity index (χ0) is 13.7. The van der Waals surface area contributed by atoms with Gasteiger partial charge in [-0.25, -0.2) is 4.79 Å². The van der Waals surface area contributed by atoms with Gasteiger partial charge in [0.05, 0.1) is 11.7 Å². The van der Waals surface area contributed by atoms with Crippen molar-refractivity contribution in [3.8, 4) is 0 Å². The van der Waals surface area contributed by atoms with Crippen molar-refractivity contribution in [1.29, 1.82) is 0 Å². The Hall–Kier alpha value is -1.39. The van der Waals surface area contributed by atoms with Gasteiger partial charge in [-0.3, -0.25) is 0 Å². The Morgan fingerprint density at radius 2 is 2.11 bits per heavy atom.